The Morgan fingerprint density at radius 3 is 1.79 bits per heavy atom. The zero-order valence-corrected chi connectivity index (χ0v) is 22.3. The van der Waals surface area contributed by atoms with Gasteiger partial charge in [-0.3, -0.25) is 0 Å². The van der Waals surface area contributed by atoms with E-state index in [1.165, 1.54) is 6.08 Å². The molecule has 164 valence electrons. The number of esters is 1. The molecule has 0 bridgehead atoms. The van der Waals surface area contributed by atoms with Crippen molar-refractivity contribution in [2.75, 3.05) is 6.61 Å². The maximum atomic E-state index is 11.5. The van der Waals surface area contributed by atoms with Crippen LogP contribution in [0.15, 0.2) is 24.3 Å². The Labute approximate surface area is 176 Å². The lowest BCUT2D eigenvalue weighted by Crippen LogP contribution is -2.50. The van der Waals surface area contributed by atoms with E-state index in [4.69, 9.17) is 13.6 Å². The van der Waals surface area contributed by atoms with Crippen LogP contribution < -0.4 is 0 Å². The van der Waals surface area contributed by atoms with E-state index in [0.717, 1.165) is 0 Å². The number of carbonyl (C=O) groups is 1. The fraction of sp³-hybridized carbons (Fsp3) is 0.773. The van der Waals surface area contributed by atoms with E-state index >= 15 is 0 Å². The van der Waals surface area contributed by atoms with Crippen LogP contribution in [0, 0.1) is 0 Å². The van der Waals surface area contributed by atoms with Gasteiger partial charge >= 0.3 is 5.97 Å². The third-order valence-corrected chi connectivity index (χ3v) is 15.0. The van der Waals surface area contributed by atoms with Crippen molar-refractivity contribution in [2.24, 2.45) is 0 Å². The highest BCUT2D eigenvalue weighted by molar-refractivity contribution is 6.74. The highest BCUT2D eigenvalue weighted by atomic mass is 28.4. The van der Waals surface area contributed by atoms with Crippen LogP contribution in [0.5, 0.6) is 0 Å². The van der Waals surface area contributed by atoms with Gasteiger partial charge in [-0.2, -0.15) is 0 Å². The standard InChI is InChI=1S/C22H44O4Si2/c1-13-24-20(23)17-15-14-16-19(26-28(11,12)22(6,7)8)18(2)25-27(9,10)21(3,4)5/h14-19H,13H2,1-12H3/b16-14+,17-15+/t18-,19-/m0/s1. The molecule has 6 heteroatoms. The SMILES string of the molecule is CCOC(=O)/C=C/C=C/[C@H](O[Si](C)(C)C(C)(C)C)[C@H](C)O[Si](C)(C)C(C)(C)C. The summed E-state index contributed by atoms with van der Waals surface area (Å²) in [6, 6.07) is 0. The van der Waals surface area contributed by atoms with Crippen LogP contribution >= 0.6 is 0 Å². The molecule has 0 radical (unpaired) electrons. The van der Waals surface area contributed by atoms with Gasteiger partial charge in [0, 0.05) is 6.08 Å². The molecule has 2 atom stereocenters. The van der Waals surface area contributed by atoms with Gasteiger partial charge in [-0.15, -0.1) is 0 Å². The van der Waals surface area contributed by atoms with Crippen molar-refractivity contribution in [2.45, 2.75) is 104 Å². The van der Waals surface area contributed by atoms with E-state index < -0.39 is 16.6 Å². The summed E-state index contributed by atoms with van der Waals surface area (Å²) in [5.74, 6) is -0.334. The largest absolute Gasteiger partial charge is 0.463 e. The van der Waals surface area contributed by atoms with Gasteiger partial charge in [0.15, 0.2) is 16.6 Å². The maximum Gasteiger partial charge on any atom is 0.330 e. The summed E-state index contributed by atoms with van der Waals surface area (Å²) in [6.45, 7) is 26.7. The van der Waals surface area contributed by atoms with Crippen LogP contribution in [0.2, 0.25) is 36.3 Å². The molecule has 0 fully saturated rings. The Morgan fingerprint density at radius 2 is 1.36 bits per heavy atom. The molecule has 0 saturated heterocycles. The Balaban J connectivity index is 5.53. The van der Waals surface area contributed by atoms with Crippen molar-refractivity contribution in [3.8, 4) is 0 Å². The Bertz CT molecular complexity index is 552. The highest BCUT2D eigenvalue weighted by Gasteiger charge is 2.43. The monoisotopic (exact) mass is 428 g/mol. The quantitative estimate of drug-likeness (QED) is 0.183. The molecule has 0 N–H and O–H groups in total. The number of rotatable bonds is 9. The lowest BCUT2D eigenvalue weighted by molar-refractivity contribution is -0.137. The summed E-state index contributed by atoms with van der Waals surface area (Å²) in [5, 5.41) is 0.243. The van der Waals surface area contributed by atoms with Crippen molar-refractivity contribution in [3.05, 3.63) is 24.3 Å². The van der Waals surface area contributed by atoms with E-state index in [1.54, 1.807) is 13.0 Å². The van der Waals surface area contributed by atoms with Crippen LogP contribution in [0.4, 0.5) is 0 Å². The third-order valence-electron chi connectivity index (χ3n) is 5.92. The second-order valence-corrected chi connectivity index (χ2v) is 19.9. The molecule has 0 spiro atoms. The molecular formula is C22H44O4Si2. The molecule has 0 aliphatic rings. The maximum absolute atomic E-state index is 11.5. The average Bonchev–Trinajstić information content (AvgIpc) is 2.47. The summed E-state index contributed by atoms with van der Waals surface area (Å²) in [7, 11) is -3.90. The van der Waals surface area contributed by atoms with Crippen molar-refractivity contribution < 1.29 is 18.4 Å². The molecule has 0 aromatic rings. The Morgan fingerprint density at radius 1 is 0.893 bits per heavy atom. The van der Waals surface area contributed by atoms with Gasteiger partial charge in [0.05, 0.1) is 18.8 Å². The zero-order chi connectivity index (χ0) is 22.4. The number of ether oxygens (including phenoxy) is 1. The number of hydrogen-bond donors (Lipinski definition) is 0. The lowest BCUT2D eigenvalue weighted by atomic mass is 10.2. The lowest BCUT2D eigenvalue weighted by Gasteiger charge is -2.43. The number of hydrogen-bond acceptors (Lipinski definition) is 4. The summed E-state index contributed by atoms with van der Waals surface area (Å²) in [4.78, 5) is 11.5. The molecule has 0 amide bonds. The molecule has 4 nitrogen and oxygen atoms in total. The number of allylic oxidation sites excluding steroid dienone is 2. The normalized spacial score (nSPS) is 16.6. The van der Waals surface area contributed by atoms with E-state index in [9.17, 15) is 4.79 Å². The van der Waals surface area contributed by atoms with Gasteiger partial charge in [-0.25, -0.2) is 4.79 Å². The van der Waals surface area contributed by atoms with Crippen molar-refractivity contribution in [1.82, 2.24) is 0 Å². The molecule has 0 aromatic carbocycles. The fourth-order valence-electron chi connectivity index (χ4n) is 2.02. The molecular weight excluding hydrogens is 384 g/mol. The number of carbonyl (C=O) groups excluding carboxylic acids is 1. The minimum Gasteiger partial charge on any atom is -0.463 e. The van der Waals surface area contributed by atoms with Crippen molar-refractivity contribution in [1.29, 1.82) is 0 Å². The van der Waals surface area contributed by atoms with Crippen LogP contribution in [-0.4, -0.2) is 41.4 Å². The summed E-state index contributed by atoms with van der Waals surface area (Å²) in [6.07, 6.45) is 6.78. The molecule has 0 aromatic heterocycles. The first-order valence-corrected chi connectivity index (χ1v) is 16.1. The molecule has 0 saturated carbocycles. The second kappa shape index (κ2) is 10.4. The van der Waals surface area contributed by atoms with Crippen LogP contribution in [0.1, 0.15) is 55.4 Å². The molecule has 0 rings (SSSR count). The van der Waals surface area contributed by atoms with Gasteiger partial charge in [0.25, 0.3) is 0 Å². The first kappa shape index (κ1) is 27.3. The van der Waals surface area contributed by atoms with E-state index in [0.29, 0.717) is 6.61 Å². The minimum absolute atomic E-state index is 0.0674. The Hall–Kier alpha value is -0.696. The third kappa shape index (κ3) is 8.76. The molecule has 28 heavy (non-hydrogen) atoms. The Kier molecular flexibility index (Phi) is 10.1. The zero-order valence-electron chi connectivity index (χ0n) is 20.3. The average molecular weight is 429 g/mol. The molecule has 0 unspecified atom stereocenters. The van der Waals surface area contributed by atoms with E-state index in [1.807, 2.05) is 12.2 Å². The highest BCUT2D eigenvalue weighted by Crippen LogP contribution is 2.40. The van der Waals surface area contributed by atoms with Gasteiger partial charge in [-0.05, 0) is 50.1 Å². The van der Waals surface area contributed by atoms with Gasteiger partial charge < -0.3 is 13.6 Å². The molecule has 0 aliphatic heterocycles. The molecule has 0 aliphatic carbocycles. The first-order chi connectivity index (χ1) is 12.4. The first-order valence-electron chi connectivity index (χ1n) is 10.3. The predicted octanol–water partition coefficient (Wildman–Crippen LogP) is 6.46. The second-order valence-electron chi connectivity index (χ2n) is 10.4. The van der Waals surface area contributed by atoms with Gasteiger partial charge in [0.2, 0.25) is 0 Å². The van der Waals surface area contributed by atoms with Crippen LogP contribution in [0.3, 0.4) is 0 Å². The van der Waals surface area contributed by atoms with Crippen LogP contribution in [0.25, 0.3) is 0 Å². The topological polar surface area (TPSA) is 44.8 Å². The van der Waals surface area contributed by atoms with Crippen LogP contribution in [-0.2, 0) is 18.4 Å². The predicted molar refractivity (Wildman–Crippen MR) is 125 cm³/mol. The molecule has 0 heterocycles. The van der Waals surface area contributed by atoms with Gasteiger partial charge in [0.1, 0.15) is 0 Å². The fourth-order valence-corrected chi connectivity index (χ4v) is 4.74. The van der Waals surface area contributed by atoms with Crippen molar-refractivity contribution >= 4 is 22.6 Å². The summed E-state index contributed by atoms with van der Waals surface area (Å²) in [5.41, 5.74) is 0. The van der Waals surface area contributed by atoms with E-state index in [-0.39, 0.29) is 28.3 Å². The summed E-state index contributed by atoms with van der Waals surface area (Å²) >= 11 is 0. The minimum atomic E-state index is -1.98. The summed E-state index contributed by atoms with van der Waals surface area (Å²) < 4.78 is 18.2. The van der Waals surface area contributed by atoms with Crippen molar-refractivity contribution in [3.63, 3.8) is 0 Å². The van der Waals surface area contributed by atoms with Gasteiger partial charge in [-0.1, -0.05) is 59.8 Å². The van der Waals surface area contributed by atoms with E-state index in [2.05, 4.69) is 74.7 Å². The smallest absolute Gasteiger partial charge is 0.330 e.